The van der Waals surface area contributed by atoms with Gasteiger partial charge in [-0.1, -0.05) is 31.9 Å². The summed E-state index contributed by atoms with van der Waals surface area (Å²) in [6.45, 7) is 6.16. The minimum Gasteiger partial charge on any atom is -0.493 e. The topological polar surface area (TPSA) is 94.2 Å². The predicted octanol–water partition coefficient (Wildman–Crippen LogP) is 5.34. The van der Waals surface area contributed by atoms with Gasteiger partial charge in [-0.2, -0.15) is 8.42 Å². The van der Waals surface area contributed by atoms with E-state index in [9.17, 15) is 13.2 Å². The zero-order valence-corrected chi connectivity index (χ0v) is 24.6. The van der Waals surface area contributed by atoms with Crippen molar-refractivity contribution in [1.29, 1.82) is 0 Å². The first-order chi connectivity index (χ1) is 18.7. The van der Waals surface area contributed by atoms with Crippen molar-refractivity contribution < 1.29 is 26.9 Å². The molecule has 1 amide bonds. The third-order valence-corrected chi connectivity index (χ3v) is 8.47. The number of nitrogens with one attached hydrogen (secondary N) is 1. The van der Waals surface area contributed by atoms with E-state index in [-0.39, 0.29) is 16.7 Å². The van der Waals surface area contributed by atoms with E-state index in [1.807, 2.05) is 12.1 Å². The van der Waals surface area contributed by atoms with Crippen LogP contribution < -0.4 is 19.0 Å². The second-order valence-corrected chi connectivity index (χ2v) is 11.8. The molecule has 3 rings (SSSR count). The molecule has 1 heterocycles. The van der Waals surface area contributed by atoms with E-state index in [1.165, 1.54) is 32.4 Å². The van der Waals surface area contributed by atoms with E-state index in [0.29, 0.717) is 29.9 Å². The Labute approximate surface area is 234 Å². The monoisotopic (exact) mass is 560 g/mol. The zero-order chi connectivity index (χ0) is 28.3. The summed E-state index contributed by atoms with van der Waals surface area (Å²) >= 11 is 0. The van der Waals surface area contributed by atoms with E-state index in [1.54, 1.807) is 12.1 Å². The first kappa shape index (κ1) is 30.8. The van der Waals surface area contributed by atoms with Crippen LogP contribution in [0.3, 0.4) is 0 Å². The highest BCUT2D eigenvalue weighted by Gasteiger charge is 2.20. The van der Waals surface area contributed by atoms with Crippen LogP contribution in [0.4, 0.5) is 0 Å². The third kappa shape index (κ3) is 9.42. The Morgan fingerprint density at radius 3 is 2.41 bits per heavy atom. The largest absolute Gasteiger partial charge is 0.493 e. The van der Waals surface area contributed by atoms with Crippen molar-refractivity contribution in [2.75, 3.05) is 27.3 Å². The van der Waals surface area contributed by atoms with E-state index in [0.717, 1.165) is 70.0 Å². The Hall–Kier alpha value is -2.78. The van der Waals surface area contributed by atoms with Crippen molar-refractivity contribution in [2.24, 2.45) is 0 Å². The lowest BCUT2D eigenvalue weighted by molar-refractivity contribution is -0.130. The maximum absolute atomic E-state index is 12.8. The number of likely N-dealkylation sites (tertiary alicyclic amines) is 1. The van der Waals surface area contributed by atoms with Gasteiger partial charge in [0, 0.05) is 37.7 Å². The molecule has 2 unspecified atom stereocenters. The maximum atomic E-state index is 12.8. The highest BCUT2D eigenvalue weighted by Crippen LogP contribution is 2.30. The number of hydrogen-bond acceptors (Lipinski definition) is 7. The maximum Gasteiger partial charge on any atom is 0.339 e. The zero-order valence-electron chi connectivity index (χ0n) is 23.8. The number of methoxy groups -OCH3 is 2. The van der Waals surface area contributed by atoms with Crippen LogP contribution >= 0.6 is 0 Å². The lowest BCUT2D eigenvalue weighted by atomic mass is 10.0. The van der Waals surface area contributed by atoms with Crippen molar-refractivity contribution in [3.8, 4) is 17.2 Å². The average Bonchev–Trinajstić information content (AvgIpc) is 3.14. The molecule has 1 aliphatic rings. The number of amides is 1. The van der Waals surface area contributed by atoms with Gasteiger partial charge in [-0.15, -0.1) is 0 Å². The van der Waals surface area contributed by atoms with Gasteiger partial charge < -0.3 is 23.9 Å². The van der Waals surface area contributed by atoms with Crippen molar-refractivity contribution in [3.63, 3.8) is 0 Å². The Kier molecular flexibility index (Phi) is 11.9. The van der Waals surface area contributed by atoms with Crippen LogP contribution in [0.25, 0.3) is 0 Å². The lowest BCUT2D eigenvalue weighted by Crippen LogP contribution is -2.37. The molecule has 1 fully saturated rings. The summed E-state index contributed by atoms with van der Waals surface area (Å²) in [5.41, 5.74) is 1.10. The van der Waals surface area contributed by atoms with Gasteiger partial charge in [0.05, 0.1) is 14.2 Å². The Morgan fingerprint density at radius 2 is 1.72 bits per heavy atom. The molecule has 0 saturated carbocycles. The van der Waals surface area contributed by atoms with Gasteiger partial charge >= 0.3 is 10.1 Å². The molecule has 1 saturated heterocycles. The normalized spacial score (nSPS) is 15.9. The summed E-state index contributed by atoms with van der Waals surface area (Å²) in [6.07, 6.45) is 9.13. The number of unbranched alkanes of at least 4 members (excludes halogenated alkanes) is 1. The fourth-order valence-electron chi connectivity index (χ4n) is 5.02. The molecule has 39 heavy (non-hydrogen) atoms. The van der Waals surface area contributed by atoms with Crippen LogP contribution in [0.5, 0.6) is 17.2 Å². The van der Waals surface area contributed by atoms with Gasteiger partial charge in [-0.25, -0.2) is 0 Å². The van der Waals surface area contributed by atoms with Crippen LogP contribution in [0.2, 0.25) is 0 Å². The molecule has 8 nitrogen and oxygen atoms in total. The molecule has 2 aromatic rings. The minimum atomic E-state index is -4.02. The van der Waals surface area contributed by atoms with Gasteiger partial charge in [-0.05, 0) is 75.3 Å². The van der Waals surface area contributed by atoms with E-state index >= 15 is 0 Å². The highest BCUT2D eigenvalue weighted by atomic mass is 32.2. The standard InChI is InChI=1S/C30H44N2O6S/c1-5-25(11-8-10-20-32-19-9-6-7-12-30(32)33)31-23(2)21-24-13-15-26(16-14-24)38-39(34,35)27-17-18-28(36-3)29(22-27)37-4/h13-18,22-23,25,31H,5-12,19-21H2,1-4H3. The van der Waals surface area contributed by atoms with Crippen LogP contribution in [-0.4, -0.2) is 58.6 Å². The Morgan fingerprint density at radius 1 is 0.974 bits per heavy atom. The van der Waals surface area contributed by atoms with Gasteiger partial charge in [0.15, 0.2) is 11.5 Å². The minimum absolute atomic E-state index is 0.00863. The number of carbonyl (C=O) groups excluding carboxylic acids is 1. The van der Waals surface area contributed by atoms with Crippen molar-refractivity contribution in [2.45, 2.75) is 88.6 Å². The molecule has 1 N–H and O–H groups in total. The van der Waals surface area contributed by atoms with Gasteiger partial charge in [0.25, 0.3) is 0 Å². The third-order valence-electron chi connectivity index (χ3n) is 7.23. The molecule has 9 heteroatoms. The van der Waals surface area contributed by atoms with E-state index < -0.39 is 10.1 Å². The molecule has 0 spiro atoms. The lowest BCUT2D eigenvalue weighted by Gasteiger charge is -2.24. The molecular weight excluding hydrogens is 516 g/mol. The first-order valence-corrected chi connectivity index (χ1v) is 15.5. The highest BCUT2D eigenvalue weighted by molar-refractivity contribution is 7.87. The first-order valence-electron chi connectivity index (χ1n) is 14.0. The number of benzene rings is 2. The van der Waals surface area contributed by atoms with Crippen molar-refractivity contribution in [3.05, 3.63) is 48.0 Å². The Bertz CT molecular complexity index is 1150. The smallest absolute Gasteiger partial charge is 0.339 e. The van der Waals surface area contributed by atoms with Gasteiger partial charge in [0.1, 0.15) is 10.6 Å². The molecular formula is C30H44N2O6S. The molecule has 1 aliphatic heterocycles. The average molecular weight is 561 g/mol. The molecule has 2 atom stereocenters. The fraction of sp³-hybridized carbons (Fsp3) is 0.567. The number of ether oxygens (including phenoxy) is 2. The SMILES string of the molecule is CCC(CCCCN1CCCCCC1=O)NC(C)Cc1ccc(OS(=O)(=O)c2ccc(OC)c(OC)c2)cc1. The molecule has 0 radical (unpaired) electrons. The molecule has 0 aromatic heterocycles. The Balaban J connectivity index is 1.46. The predicted molar refractivity (Wildman–Crippen MR) is 153 cm³/mol. The van der Waals surface area contributed by atoms with Crippen LogP contribution in [-0.2, 0) is 21.3 Å². The summed E-state index contributed by atoms with van der Waals surface area (Å²) in [5, 5.41) is 3.74. The molecule has 2 aromatic carbocycles. The summed E-state index contributed by atoms with van der Waals surface area (Å²) in [6, 6.07) is 12.2. The fourth-order valence-corrected chi connectivity index (χ4v) is 5.96. The van der Waals surface area contributed by atoms with Crippen molar-refractivity contribution in [1.82, 2.24) is 10.2 Å². The summed E-state index contributed by atoms with van der Waals surface area (Å²) < 4.78 is 41.3. The summed E-state index contributed by atoms with van der Waals surface area (Å²) in [5.74, 6) is 1.33. The van der Waals surface area contributed by atoms with Crippen molar-refractivity contribution >= 4 is 16.0 Å². The van der Waals surface area contributed by atoms with Gasteiger partial charge in [0.2, 0.25) is 5.91 Å². The quantitative estimate of drug-likeness (QED) is 0.232. The number of hydrogen-bond donors (Lipinski definition) is 1. The molecule has 0 bridgehead atoms. The number of nitrogens with zero attached hydrogens (tertiary/aromatic N) is 1. The number of carbonyl (C=O) groups is 1. The van der Waals surface area contributed by atoms with Gasteiger partial charge in [-0.3, -0.25) is 4.79 Å². The van der Waals surface area contributed by atoms with Crippen LogP contribution in [0, 0.1) is 0 Å². The van der Waals surface area contributed by atoms with Crippen LogP contribution in [0.15, 0.2) is 47.4 Å². The van der Waals surface area contributed by atoms with E-state index in [2.05, 4.69) is 24.1 Å². The van der Waals surface area contributed by atoms with E-state index in [4.69, 9.17) is 13.7 Å². The summed E-state index contributed by atoms with van der Waals surface area (Å²) in [4.78, 5) is 14.2. The summed E-state index contributed by atoms with van der Waals surface area (Å²) in [7, 11) is -1.08. The molecule has 216 valence electrons. The number of rotatable bonds is 15. The second kappa shape index (κ2) is 15.1. The second-order valence-electron chi connectivity index (χ2n) is 10.3. The molecule has 0 aliphatic carbocycles. The van der Waals surface area contributed by atoms with Crippen LogP contribution in [0.1, 0.15) is 70.8 Å².